The zero-order valence-corrected chi connectivity index (χ0v) is 13.0. The van der Waals surface area contributed by atoms with Crippen molar-refractivity contribution < 1.29 is 4.74 Å². The summed E-state index contributed by atoms with van der Waals surface area (Å²) in [6, 6.07) is 19.8. The highest BCUT2D eigenvalue weighted by Gasteiger charge is 2.06. The van der Waals surface area contributed by atoms with Crippen LogP contribution < -0.4 is 4.74 Å². The Hall–Kier alpha value is -1.51. The number of hydrogen-bond acceptors (Lipinski definition) is 1. The van der Waals surface area contributed by atoms with Gasteiger partial charge in [-0.15, -0.1) is 0 Å². The maximum Gasteiger partial charge on any atom is 0.127 e. The van der Waals surface area contributed by atoms with Crippen molar-refractivity contribution in [3.05, 3.63) is 75.7 Å². The average Bonchev–Trinajstić information content (AvgIpc) is 2.48. The van der Waals surface area contributed by atoms with Crippen molar-refractivity contribution in [3.63, 3.8) is 0 Å². The quantitative estimate of drug-likeness (QED) is 0.579. The molecule has 0 atom stereocenters. The summed E-state index contributed by atoms with van der Waals surface area (Å²) in [6.45, 7) is 0.521. The summed E-state index contributed by atoms with van der Waals surface area (Å²) in [5, 5.41) is 2.79. The van der Waals surface area contributed by atoms with Crippen molar-refractivity contribution in [2.75, 3.05) is 0 Å². The number of rotatable bonds is 3. The Bertz CT molecular complexity index is 755. The molecule has 0 spiro atoms. The Morgan fingerprint density at radius 2 is 1.55 bits per heavy atom. The van der Waals surface area contributed by atoms with E-state index in [2.05, 4.69) is 15.9 Å². The highest BCUT2D eigenvalue weighted by Crippen LogP contribution is 2.32. The molecule has 0 unspecified atom stereocenters. The standard InChI is InChI=1S/C17H12BrClO/c18-15-8-4-1-5-12(15)11-20-17-10-9-16(19)13-6-2-3-7-14(13)17/h1-10H,11H2. The first-order chi connectivity index (χ1) is 9.75. The molecular formula is C17H12BrClO. The minimum Gasteiger partial charge on any atom is -0.488 e. The van der Waals surface area contributed by atoms with Crippen LogP contribution in [0.3, 0.4) is 0 Å². The molecule has 3 heteroatoms. The van der Waals surface area contributed by atoms with Crippen molar-refractivity contribution >= 4 is 38.3 Å². The molecule has 0 bridgehead atoms. The zero-order chi connectivity index (χ0) is 13.9. The summed E-state index contributed by atoms with van der Waals surface area (Å²) in [7, 11) is 0. The maximum atomic E-state index is 6.21. The summed E-state index contributed by atoms with van der Waals surface area (Å²) in [6.07, 6.45) is 0. The van der Waals surface area contributed by atoms with Crippen LogP contribution in [0, 0.1) is 0 Å². The molecule has 0 saturated heterocycles. The van der Waals surface area contributed by atoms with E-state index in [4.69, 9.17) is 16.3 Å². The molecule has 0 aliphatic heterocycles. The number of halogens is 2. The van der Waals surface area contributed by atoms with Gasteiger partial charge in [0.15, 0.2) is 0 Å². The second-order valence-corrected chi connectivity index (χ2v) is 5.73. The Morgan fingerprint density at radius 3 is 2.35 bits per heavy atom. The molecule has 3 aromatic rings. The fourth-order valence-corrected chi connectivity index (χ4v) is 2.76. The van der Waals surface area contributed by atoms with Gasteiger partial charge in [0.25, 0.3) is 0 Å². The second kappa shape index (κ2) is 5.86. The highest BCUT2D eigenvalue weighted by atomic mass is 79.9. The van der Waals surface area contributed by atoms with Crippen molar-refractivity contribution in [3.8, 4) is 5.75 Å². The lowest BCUT2D eigenvalue weighted by molar-refractivity contribution is 0.309. The van der Waals surface area contributed by atoms with Gasteiger partial charge in [0, 0.05) is 25.8 Å². The van der Waals surface area contributed by atoms with Crippen LogP contribution in [0.2, 0.25) is 5.02 Å². The summed E-state index contributed by atoms with van der Waals surface area (Å²) in [5.74, 6) is 0.848. The molecule has 20 heavy (non-hydrogen) atoms. The third-order valence-electron chi connectivity index (χ3n) is 3.17. The molecular weight excluding hydrogens is 336 g/mol. The molecule has 1 nitrogen and oxygen atoms in total. The lowest BCUT2D eigenvalue weighted by atomic mass is 10.1. The lowest BCUT2D eigenvalue weighted by Gasteiger charge is -2.11. The first-order valence-electron chi connectivity index (χ1n) is 6.29. The molecule has 100 valence electrons. The fraction of sp³-hybridized carbons (Fsp3) is 0.0588. The molecule has 3 aromatic carbocycles. The average molecular weight is 348 g/mol. The fourth-order valence-electron chi connectivity index (χ4n) is 2.13. The van der Waals surface area contributed by atoms with E-state index in [9.17, 15) is 0 Å². The summed E-state index contributed by atoms with van der Waals surface area (Å²) in [4.78, 5) is 0. The van der Waals surface area contributed by atoms with Crippen molar-refractivity contribution in [1.82, 2.24) is 0 Å². The zero-order valence-electron chi connectivity index (χ0n) is 10.6. The Balaban J connectivity index is 1.92. The molecule has 0 heterocycles. The van der Waals surface area contributed by atoms with Crippen LogP contribution in [0.15, 0.2) is 65.1 Å². The van der Waals surface area contributed by atoms with Crippen LogP contribution in [0.4, 0.5) is 0 Å². The monoisotopic (exact) mass is 346 g/mol. The van der Waals surface area contributed by atoms with Gasteiger partial charge in [0.1, 0.15) is 12.4 Å². The largest absolute Gasteiger partial charge is 0.488 e. The topological polar surface area (TPSA) is 9.23 Å². The molecule has 0 amide bonds. The second-order valence-electron chi connectivity index (χ2n) is 4.47. The van der Waals surface area contributed by atoms with E-state index in [-0.39, 0.29) is 0 Å². The molecule has 0 fully saturated rings. The molecule has 0 aromatic heterocycles. The third-order valence-corrected chi connectivity index (χ3v) is 4.28. The van der Waals surface area contributed by atoms with Gasteiger partial charge in [-0.1, -0.05) is 70.0 Å². The number of fused-ring (bicyclic) bond motifs is 1. The summed E-state index contributed by atoms with van der Waals surface area (Å²) < 4.78 is 7.01. The van der Waals surface area contributed by atoms with E-state index >= 15 is 0 Å². The van der Waals surface area contributed by atoms with E-state index in [0.717, 1.165) is 31.6 Å². The Morgan fingerprint density at radius 1 is 0.850 bits per heavy atom. The number of ether oxygens (including phenoxy) is 1. The molecule has 0 aliphatic rings. The maximum absolute atomic E-state index is 6.21. The van der Waals surface area contributed by atoms with Crippen LogP contribution in [0.25, 0.3) is 10.8 Å². The highest BCUT2D eigenvalue weighted by molar-refractivity contribution is 9.10. The Labute approximate surface area is 131 Å². The van der Waals surface area contributed by atoms with Gasteiger partial charge in [-0.3, -0.25) is 0 Å². The van der Waals surface area contributed by atoms with Crippen molar-refractivity contribution in [2.24, 2.45) is 0 Å². The minimum atomic E-state index is 0.521. The van der Waals surface area contributed by atoms with E-state index < -0.39 is 0 Å². The molecule has 3 rings (SSSR count). The van der Waals surface area contributed by atoms with E-state index in [1.165, 1.54) is 0 Å². The first kappa shape index (κ1) is 13.5. The van der Waals surface area contributed by atoms with Gasteiger partial charge < -0.3 is 4.74 Å². The van der Waals surface area contributed by atoms with Crippen LogP contribution in [0.5, 0.6) is 5.75 Å². The minimum absolute atomic E-state index is 0.521. The molecule has 0 radical (unpaired) electrons. The molecule has 0 aliphatic carbocycles. The summed E-state index contributed by atoms with van der Waals surface area (Å²) >= 11 is 9.74. The van der Waals surface area contributed by atoms with E-state index in [1.807, 2.05) is 60.7 Å². The third kappa shape index (κ3) is 2.67. The van der Waals surface area contributed by atoms with E-state index in [1.54, 1.807) is 0 Å². The van der Waals surface area contributed by atoms with Crippen LogP contribution in [0.1, 0.15) is 5.56 Å². The van der Waals surface area contributed by atoms with Crippen LogP contribution in [-0.2, 0) is 6.61 Å². The first-order valence-corrected chi connectivity index (χ1v) is 7.46. The van der Waals surface area contributed by atoms with Gasteiger partial charge in [-0.2, -0.15) is 0 Å². The SMILES string of the molecule is Clc1ccc(OCc2ccccc2Br)c2ccccc12. The molecule has 0 saturated carbocycles. The predicted octanol–water partition coefficient (Wildman–Crippen LogP) is 5.83. The van der Waals surface area contributed by atoms with Crippen LogP contribution in [-0.4, -0.2) is 0 Å². The van der Waals surface area contributed by atoms with Gasteiger partial charge in [0.2, 0.25) is 0 Å². The lowest BCUT2D eigenvalue weighted by Crippen LogP contribution is -1.97. The van der Waals surface area contributed by atoms with Gasteiger partial charge >= 0.3 is 0 Å². The normalized spacial score (nSPS) is 10.7. The summed E-state index contributed by atoms with van der Waals surface area (Å²) in [5.41, 5.74) is 1.12. The van der Waals surface area contributed by atoms with Gasteiger partial charge in [-0.05, 0) is 18.2 Å². The van der Waals surface area contributed by atoms with Gasteiger partial charge in [-0.25, -0.2) is 0 Å². The van der Waals surface area contributed by atoms with Crippen molar-refractivity contribution in [2.45, 2.75) is 6.61 Å². The van der Waals surface area contributed by atoms with Crippen molar-refractivity contribution in [1.29, 1.82) is 0 Å². The van der Waals surface area contributed by atoms with Gasteiger partial charge in [0.05, 0.1) is 0 Å². The smallest absolute Gasteiger partial charge is 0.127 e. The Kier molecular flexibility index (Phi) is 3.95. The number of benzene rings is 3. The predicted molar refractivity (Wildman–Crippen MR) is 87.4 cm³/mol. The van der Waals surface area contributed by atoms with E-state index in [0.29, 0.717) is 6.61 Å². The number of hydrogen-bond donors (Lipinski definition) is 0. The molecule has 0 N–H and O–H groups in total. The van der Waals surface area contributed by atoms with Crippen LogP contribution >= 0.6 is 27.5 Å².